The normalized spacial score (nSPS) is 12.3. The summed E-state index contributed by atoms with van der Waals surface area (Å²) in [5.41, 5.74) is 0. The molecule has 0 aliphatic heterocycles. The first-order chi connectivity index (χ1) is 6.20. The molecular formula is C9H10O3S. The van der Waals surface area contributed by atoms with Crippen LogP contribution in [0, 0.1) is 0 Å². The van der Waals surface area contributed by atoms with Crippen LogP contribution in [0.3, 0.4) is 0 Å². The van der Waals surface area contributed by atoms with Crippen molar-refractivity contribution in [1.82, 2.24) is 0 Å². The van der Waals surface area contributed by atoms with E-state index in [1.165, 1.54) is 0 Å². The zero-order valence-corrected chi connectivity index (χ0v) is 7.79. The van der Waals surface area contributed by atoms with E-state index < -0.39 is 16.8 Å². The van der Waals surface area contributed by atoms with Crippen LogP contribution in [0.2, 0.25) is 0 Å². The molecular weight excluding hydrogens is 188 g/mol. The van der Waals surface area contributed by atoms with Crippen molar-refractivity contribution >= 4 is 16.8 Å². The first-order valence-corrected chi connectivity index (χ1v) is 5.17. The minimum absolute atomic E-state index is 0.0541. The SMILES string of the molecule is O=C(O)CCS(=O)c1ccccc1. The third-order valence-electron chi connectivity index (χ3n) is 1.51. The van der Waals surface area contributed by atoms with Crippen molar-refractivity contribution < 1.29 is 14.1 Å². The third-order valence-corrected chi connectivity index (χ3v) is 2.88. The Morgan fingerprint density at radius 3 is 2.46 bits per heavy atom. The largest absolute Gasteiger partial charge is 0.481 e. The molecule has 0 aliphatic carbocycles. The summed E-state index contributed by atoms with van der Waals surface area (Å²) in [5.74, 6) is -0.733. The van der Waals surface area contributed by atoms with Gasteiger partial charge >= 0.3 is 5.97 Å². The predicted molar refractivity (Wildman–Crippen MR) is 50.0 cm³/mol. The first-order valence-electron chi connectivity index (χ1n) is 3.85. The lowest BCUT2D eigenvalue weighted by Crippen LogP contribution is -2.04. The van der Waals surface area contributed by atoms with E-state index in [2.05, 4.69) is 0 Å². The van der Waals surface area contributed by atoms with E-state index in [4.69, 9.17) is 5.11 Å². The van der Waals surface area contributed by atoms with Crippen LogP contribution >= 0.6 is 0 Å². The molecule has 0 aromatic heterocycles. The molecule has 1 aromatic carbocycles. The van der Waals surface area contributed by atoms with E-state index in [0.717, 1.165) is 0 Å². The number of aliphatic carboxylic acids is 1. The molecule has 1 N–H and O–H groups in total. The van der Waals surface area contributed by atoms with Crippen molar-refractivity contribution in [1.29, 1.82) is 0 Å². The molecule has 0 aliphatic rings. The van der Waals surface area contributed by atoms with Gasteiger partial charge in [-0.25, -0.2) is 0 Å². The fourth-order valence-electron chi connectivity index (χ4n) is 0.870. The molecule has 1 unspecified atom stereocenters. The van der Waals surface area contributed by atoms with Gasteiger partial charge in [0, 0.05) is 10.6 Å². The average Bonchev–Trinajstić information content (AvgIpc) is 2.15. The molecule has 1 atom stereocenters. The van der Waals surface area contributed by atoms with Crippen LogP contribution < -0.4 is 0 Å². The number of rotatable bonds is 4. The van der Waals surface area contributed by atoms with Gasteiger partial charge < -0.3 is 5.11 Å². The fraction of sp³-hybridized carbons (Fsp3) is 0.222. The molecule has 0 fully saturated rings. The highest BCUT2D eigenvalue weighted by Crippen LogP contribution is 2.06. The molecule has 1 rings (SSSR count). The van der Waals surface area contributed by atoms with E-state index >= 15 is 0 Å². The summed E-state index contributed by atoms with van der Waals surface area (Å²) in [5, 5.41) is 8.37. The Morgan fingerprint density at radius 2 is 1.92 bits per heavy atom. The Bertz CT molecular complexity index is 308. The maximum Gasteiger partial charge on any atom is 0.304 e. The minimum atomic E-state index is -1.18. The standard InChI is InChI=1S/C9H10O3S/c10-9(11)6-7-13(12)8-4-2-1-3-5-8/h1-5H,6-7H2,(H,10,11). The monoisotopic (exact) mass is 198 g/mol. The van der Waals surface area contributed by atoms with E-state index in [1.54, 1.807) is 24.3 Å². The van der Waals surface area contributed by atoms with Crippen molar-refractivity contribution in [2.75, 3.05) is 5.75 Å². The molecule has 13 heavy (non-hydrogen) atoms. The minimum Gasteiger partial charge on any atom is -0.481 e. The highest BCUT2D eigenvalue weighted by atomic mass is 32.2. The molecule has 0 heterocycles. The lowest BCUT2D eigenvalue weighted by Gasteiger charge is -1.98. The van der Waals surface area contributed by atoms with Gasteiger partial charge in [0.25, 0.3) is 0 Å². The first kappa shape index (κ1) is 9.92. The summed E-state index contributed by atoms with van der Waals surface area (Å²) < 4.78 is 11.4. The summed E-state index contributed by atoms with van der Waals surface area (Å²) in [6.45, 7) is 0. The van der Waals surface area contributed by atoms with Gasteiger partial charge in [0.15, 0.2) is 0 Å². The van der Waals surface area contributed by atoms with Crippen LogP contribution in [0.25, 0.3) is 0 Å². The maximum absolute atomic E-state index is 11.4. The molecule has 0 radical (unpaired) electrons. The van der Waals surface area contributed by atoms with Crippen molar-refractivity contribution in [3.8, 4) is 0 Å². The van der Waals surface area contributed by atoms with Gasteiger partial charge in [0.1, 0.15) is 0 Å². The number of hydrogen-bond donors (Lipinski definition) is 1. The van der Waals surface area contributed by atoms with E-state index in [1.807, 2.05) is 6.07 Å². The Kier molecular flexibility index (Phi) is 3.64. The second-order valence-corrected chi connectivity index (χ2v) is 4.08. The number of carbonyl (C=O) groups is 1. The lowest BCUT2D eigenvalue weighted by molar-refractivity contribution is -0.136. The van der Waals surface area contributed by atoms with E-state index in [9.17, 15) is 9.00 Å². The number of carboxylic acids is 1. The Morgan fingerprint density at radius 1 is 1.31 bits per heavy atom. The van der Waals surface area contributed by atoms with Gasteiger partial charge in [-0.3, -0.25) is 9.00 Å². The molecule has 0 bridgehead atoms. The molecule has 4 heteroatoms. The molecule has 0 saturated heterocycles. The number of carboxylic acid groups (broad SMARTS) is 1. The third kappa shape index (κ3) is 3.38. The van der Waals surface area contributed by atoms with Gasteiger partial charge in [0.05, 0.1) is 17.2 Å². The average molecular weight is 198 g/mol. The van der Waals surface area contributed by atoms with Crippen molar-refractivity contribution in [2.45, 2.75) is 11.3 Å². The van der Waals surface area contributed by atoms with Crippen molar-refractivity contribution in [3.63, 3.8) is 0 Å². The highest BCUT2D eigenvalue weighted by Gasteiger charge is 2.05. The van der Waals surface area contributed by atoms with Gasteiger partial charge in [-0.1, -0.05) is 18.2 Å². The zero-order valence-electron chi connectivity index (χ0n) is 6.97. The molecule has 1 aromatic rings. The molecule has 0 amide bonds. The summed E-state index contributed by atoms with van der Waals surface area (Å²) in [4.78, 5) is 10.9. The van der Waals surface area contributed by atoms with Crippen LogP contribution in [0.5, 0.6) is 0 Å². The van der Waals surface area contributed by atoms with Crippen molar-refractivity contribution in [2.24, 2.45) is 0 Å². The lowest BCUT2D eigenvalue weighted by atomic mass is 10.4. The van der Waals surface area contributed by atoms with Crippen LogP contribution in [0.1, 0.15) is 6.42 Å². The topological polar surface area (TPSA) is 54.4 Å². The quantitative estimate of drug-likeness (QED) is 0.792. The van der Waals surface area contributed by atoms with Crippen LogP contribution in [-0.4, -0.2) is 21.0 Å². The second-order valence-electron chi connectivity index (χ2n) is 2.51. The molecule has 70 valence electrons. The summed E-state index contributed by atoms with van der Waals surface area (Å²) in [6, 6.07) is 8.87. The molecule has 3 nitrogen and oxygen atoms in total. The Hall–Kier alpha value is -1.16. The van der Waals surface area contributed by atoms with E-state index in [-0.39, 0.29) is 12.2 Å². The maximum atomic E-state index is 11.4. The molecule has 0 spiro atoms. The number of benzene rings is 1. The second kappa shape index (κ2) is 4.77. The van der Waals surface area contributed by atoms with Gasteiger partial charge in [-0.2, -0.15) is 0 Å². The Labute approximate surface area is 78.9 Å². The Balaban J connectivity index is 2.54. The smallest absolute Gasteiger partial charge is 0.304 e. The van der Waals surface area contributed by atoms with Gasteiger partial charge in [-0.05, 0) is 12.1 Å². The van der Waals surface area contributed by atoms with Gasteiger partial charge in [-0.15, -0.1) is 0 Å². The van der Waals surface area contributed by atoms with Crippen molar-refractivity contribution in [3.05, 3.63) is 30.3 Å². The molecule has 0 saturated carbocycles. The van der Waals surface area contributed by atoms with Crippen LogP contribution in [-0.2, 0) is 15.6 Å². The number of hydrogen-bond acceptors (Lipinski definition) is 2. The van der Waals surface area contributed by atoms with Gasteiger partial charge in [0.2, 0.25) is 0 Å². The highest BCUT2D eigenvalue weighted by molar-refractivity contribution is 7.85. The van der Waals surface area contributed by atoms with Crippen LogP contribution in [0.4, 0.5) is 0 Å². The summed E-state index contributed by atoms with van der Waals surface area (Å²) >= 11 is 0. The summed E-state index contributed by atoms with van der Waals surface area (Å²) in [7, 11) is -1.18. The summed E-state index contributed by atoms with van der Waals surface area (Å²) in [6.07, 6.45) is -0.0541. The van der Waals surface area contributed by atoms with Crippen LogP contribution in [0.15, 0.2) is 35.2 Å². The van der Waals surface area contributed by atoms with E-state index in [0.29, 0.717) is 4.90 Å². The zero-order chi connectivity index (χ0) is 9.68. The fourth-order valence-corrected chi connectivity index (χ4v) is 1.93. The predicted octanol–water partition coefficient (Wildman–Crippen LogP) is 1.27.